The fraction of sp³-hybridized carbons (Fsp3) is 0. The first kappa shape index (κ1) is 9.30. The fourth-order valence-electron chi connectivity index (χ4n) is 0.612. The molecule has 0 bridgehead atoms. The lowest BCUT2D eigenvalue weighted by Gasteiger charge is -1.99. The van der Waals surface area contributed by atoms with Gasteiger partial charge in [-0.15, -0.1) is 0 Å². The average molecular weight is 342 g/mol. The van der Waals surface area contributed by atoms with E-state index in [0.717, 1.165) is 3.57 Å². The Hall–Kier alpha value is 0.210. The third kappa shape index (κ3) is 1.86. The molecule has 0 aliphatic heterocycles. The van der Waals surface area contributed by atoms with Crippen molar-refractivity contribution < 1.29 is 0 Å². The molecule has 1 aromatic carbocycles. The lowest BCUT2D eigenvalue weighted by atomic mass is 10.2. The smallest absolute Gasteiger partial charge is 0.100 e. The van der Waals surface area contributed by atoms with Crippen molar-refractivity contribution in [3.8, 4) is 6.07 Å². The topological polar surface area (TPSA) is 23.8 Å². The van der Waals surface area contributed by atoms with Crippen LogP contribution in [0.25, 0.3) is 0 Å². The molecule has 0 atom stereocenters. The zero-order valence-corrected chi connectivity index (χ0v) is 9.74. The van der Waals surface area contributed by atoms with Gasteiger partial charge in [-0.3, -0.25) is 0 Å². The van der Waals surface area contributed by atoms with Crippen LogP contribution in [0.15, 0.2) is 16.6 Å². The molecule has 0 N–H and O–H groups in total. The van der Waals surface area contributed by atoms with Crippen molar-refractivity contribution in [3.63, 3.8) is 0 Å². The van der Waals surface area contributed by atoms with Gasteiger partial charge >= 0.3 is 0 Å². The molecule has 1 aromatic rings. The summed E-state index contributed by atoms with van der Waals surface area (Å²) in [6.07, 6.45) is 0. The molecule has 0 unspecified atom stereocenters. The minimum atomic E-state index is 0.565. The molecule has 0 aromatic heterocycles. The van der Waals surface area contributed by atoms with E-state index in [1.807, 2.05) is 12.1 Å². The van der Waals surface area contributed by atoms with Gasteiger partial charge in [0.25, 0.3) is 0 Å². The Morgan fingerprint density at radius 2 is 2.18 bits per heavy atom. The van der Waals surface area contributed by atoms with E-state index in [1.165, 1.54) is 0 Å². The van der Waals surface area contributed by atoms with Crippen molar-refractivity contribution in [3.05, 3.63) is 30.8 Å². The third-order valence-electron chi connectivity index (χ3n) is 1.16. The lowest BCUT2D eigenvalue weighted by Crippen LogP contribution is -1.81. The molecular weight excluding hydrogens is 340 g/mol. The van der Waals surface area contributed by atoms with E-state index in [4.69, 9.17) is 16.9 Å². The first-order chi connectivity index (χ1) is 5.16. The highest BCUT2D eigenvalue weighted by Gasteiger charge is 2.05. The van der Waals surface area contributed by atoms with Crippen LogP contribution in [-0.2, 0) is 0 Å². The summed E-state index contributed by atoms with van der Waals surface area (Å²) in [7, 11) is 0. The molecule has 4 heteroatoms. The highest BCUT2D eigenvalue weighted by Crippen LogP contribution is 2.30. The second kappa shape index (κ2) is 3.74. The Morgan fingerprint density at radius 1 is 1.55 bits per heavy atom. The average Bonchev–Trinajstić information content (AvgIpc) is 2.01. The molecule has 56 valence electrons. The molecule has 0 amide bonds. The summed E-state index contributed by atoms with van der Waals surface area (Å²) in [6, 6.07) is 5.57. The molecule has 1 nitrogen and oxygen atoms in total. The van der Waals surface area contributed by atoms with Crippen LogP contribution in [0.1, 0.15) is 5.56 Å². The second-order valence-corrected chi connectivity index (χ2v) is 4.17. The molecule has 0 saturated heterocycles. The number of nitriles is 1. The molecule has 0 saturated carbocycles. The highest BCUT2D eigenvalue weighted by molar-refractivity contribution is 14.1. The van der Waals surface area contributed by atoms with Gasteiger partial charge in [-0.25, -0.2) is 0 Å². The summed E-state index contributed by atoms with van der Waals surface area (Å²) in [5, 5.41) is 9.19. The molecular formula is C7H2BrClIN. The SMILES string of the molecule is N#Cc1ccc(I)c(Cl)c1Br. The third-order valence-corrected chi connectivity index (χ3v) is 3.82. The maximum absolute atomic E-state index is 8.59. The largest absolute Gasteiger partial charge is 0.192 e. The summed E-state index contributed by atoms with van der Waals surface area (Å²) < 4.78 is 1.61. The number of halogens is 3. The van der Waals surface area contributed by atoms with Crippen molar-refractivity contribution in [1.29, 1.82) is 5.26 Å². The molecule has 0 aliphatic carbocycles. The zero-order valence-electron chi connectivity index (χ0n) is 5.24. The number of benzene rings is 1. The number of rotatable bonds is 0. The minimum Gasteiger partial charge on any atom is -0.192 e. The van der Waals surface area contributed by atoms with E-state index in [-0.39, 0.29) is 0 Å². The summed E-state index contributed by atoms with van der Waals surface area (Å²) in [4.78, 5) is 0. The van der Waals surface area contributed by atoms with Crippen molar-refractivity contribution in [2.45, 2.75) is 0 Å². The predicted molar refractivity (Wildman–Crippen MR) is 56.6 cm³/mol. The Morgan fingerprint density at radius 3 is 2.73 bits per heavy atom. The van der Waals surface area contributed by atoms with Crippen LogP contribution in [0.5, 0.6) is 0 Å². The monoisotopic (exact) mass is 341 g/mol. The number of hydrogen-bond donors (Lipinski definition) is 0. The van der Waals surface area contributed by atoms with Crippen LogP contribution in [0.2, 0.25) is 5.02 Å². The van der Waals surface area contributed by atoms with Gasteiger partial charge in [-0.05, 0) is 50.7 Å². The molecule has 0 spiro atoms. The van der Waals surface area contributed by atoms with Gasteiger partial charge in [0.15, 0.2) is 0 Å². The van der Waals surface area contributed by atoms with Gasteiger partial charge in [-0.2, -0.15) is 5.26 Å². The zero-order chi connectivity index (χ0) is 8.43. The van der Waals surface area contributed by atoms with E-state index < -0.39 is 0 Å². The summed E-state index contributed by atoms with van der Waals surface area (Å²) in [5.74, 6) is 0. The van der Waals surface area contributed by atoms with E-state index in [9.17, 15) is 0 Å². The highest BCUT2D eigenvalue weighted by atomic mass is 127. The van der Waals surface area contributed by atoms with Crippen LogP contribution in [0.4, 0.5) is 0 Å². The van der Waals surface area contributed by atoms with Gasteiger partial charge in [0.05, 0.1) is 15.1 Å². The van der Waals surface area contributed by atoms with Crippen molar-refractivity contribution >= 4 is 50.1 Å². The molecule has 0 radical (unpaired) electrons. The van der Waals surface area contributed by atoms with E-state index in [2.05, 4.69) is 38.5 Å². The normalized spacial score (nSPS) is 9.27. The van der Waals surface area contributed by atoms with E-state index in [0.29, 0.717) is 15.1 Å². The quantitative estimate of drug-likeness (QED) is 0.522. The van der Waals surface area contributed by atoms with Crippen LogP contribution < -0.4 is 0 Å². The van der Waals surface area contributed by atoms with Gasteiger partial charge in [-0.1, -0.05) is 11.6 Å². The second-order valence-electron chi connectivity index (χ2n) is 1.83. The molecule has 0 fully saturated rings. The van der Waals surface area contributed by atoms with Gasteiger partial charge in [0.2, 0.25) is 0 Å². The molecule has 1 rings (SSSR count). The molecule has 11 heavy (non-hydrogen) atoms. The van der Waals surface area contributed by atoms with Crippen molar-refractivity contribution in [2.75, 3.05) is 0 Å². The van der Waals surface area contributed by atoms with Gasteiger partial charge in [0.1, 0.15) is 6.07 Å². The van der Waals surface area contributed by atoms with Crippen molar-refractivity contribution in [2.24, 2.45) is 0 Å². The predicted octanol–water partition coefficient (Wildman–Crippen LogP) is 3.58. The first-order valence-corrected chi connectivity index (χ1v) is 4.95. The van der Waals surface area contributed by atoms with Crippen molar-refractivity contribution in [1.82, 2.24) is 0 Å². The maximum atomic E-state index is 8.59. The Labute approximate surface area is 91.6 Å². The van der Waals surface area contributed by atoms with Crippen LogP contribution >= 0.6 is 50.1 Å². The van der Waals surface area contributed by atoms with Crippen LogP contribution in [-0.4, -0.2) is 0 Å². The van der Waals surface area contributed by atoms with Gasteiger partial charge in [0, 0.05) is 3.57 Å². The Balaban J connectivity index is 3.40. The number of hydrogen-bond acceptors (Lipinski definition) is 1. The van der Waals surface area contributed by atoms with E-state index in [1.54, 1.807) is 6.07 Å². The lowest BCUT2D eigenvalue weighted by molar-refractivity contribution is 1.45. The summed E-state index contributed by atoms with van der Waals surface area (Å²) in [5.41, 5.74) is 0.565. The van der Waals surface area contributed by atoms with E-state index >= 15 is 0 Å². The van der Waals surface area contributed by atoms with Crippen LogP contribution in [0.3, 0.4) is 0 Å². The first-order valence-electron chi connectivity index (χ1n) is 2.70. The maximum Gasteiger partial charge on any atom is 0.100 e. The molecule has 0 aliphatic rings. The minimum absolute atomic E-state index is 0.565. The standard InChI is InChI=1S/C7H2BrClIN/c8-6-4(3-11)1-2-5(10)7(6)9/h1-2H. The molecule has 0 heterocycles. The summed E-state index contributed by atoms with van der Waals surface area (Å²) >= 11 is 11.2. The Kier molecular flexibility index (Phi) is 3.16. The Bertz CT molecular complexity index is 332. The fourth-order valence-corrected chi connectivity index (χ4v) is 2.03. The van der Waals surface area contributed by atoms with Gasteiger partial charge < -0.3 is 0 Å². The summed E-state index contributed by atoms with van der Waals surface area (Å²) in [6.45, 7) is 0. The van der Waals surface area contributed by atoms with Crippen LogP contribution in [0, 0.1) is 14.9 Å². The number of nitrogens with zero attached hydrogens (tertiary/aromatic N) is 1.